The average Bonchev–Trinajstić information content (AvgIpc) is 2.07. The van der Waals surface area contributed by atoms with Gasteiger partial charge in [0.1, 0.15) is 0 Å². The topological polar surface area (TPSA) is 0 Å². The van der Waals surface area contributed by atoms with E-state index < -0.39 is 0 Å². The molecule has 12 heavy (non-hydrogen) atoms. The molecule has 0 heteroatoms. The maximum absolute atomic E-state index is 2.34. The summed E-state index contributed by atoms with van der Waals surface area (Å²) in [6.45, 7) is 4.36. The van der Waals surface area contributed by atoms with Crippen LogP contribution in [-0.4, -0.2) is 0 Å². The van der Waals surface area contributed by atoms with Crippen LogP contribution in [0.4, 0.5) is 0 Å². The molecular formula is C12H14. The van der Waals surface area contributed by atoms with Crippen molar-refractivity contribution in [3.05, 3.63) is 33.7 Å². The minimum atomic E-state index is 1.20. The van der Waals surface area contributed by atoms with Crippen molar-refractivity contribution in [2.24, 2.45) is 0 Å². The molecule has 1 aliphatic carbocycles. The van der Waals surface area contributed by atoms with E-state index in [0.29, 0.717) is 0 Å². The third-order valence-corrected chi connectivity index (χ3v) is 2.59. The van der Waals surface area contributed by atoms with Gasteiger partial charge in [0, 0.05) is 0 Å². The summed E-state index contributed by atoms with van der Waals surface area (Å²) in [5.41, 5.74) is 2.81. The van der Waals surface area contributed by atoms with Crippen LogP contribution in [0.5, 0.6) is 0 Å². The van der Waals surface area contributed by atoms with Gasteiger partial charge in [0.15, 0.2) is 0 Å². The van der Waals surface area contributed by atoms with Crippen molar-refractivity contribution in [3.63, 3.8) is 0 Å². The van der Waals surface area contributed by atoms with Crippen molar-refractivity contribution >= 4 is 12.2 Å². The number of hydrogen-bond donors (Lipinski definition) is 0. The molecule has 1 aromatic carbocycles. The molecule has 0 saturated heterocycles. The molecular weight excluding hydrogens is 144 g/mol. The smallest absolute Gasteiger partial charge is 0.0224 e. The summed E-state index contributed by atoms with van der Waals surface area (Å²) in [4.78, 5) is 0. The van der Waals surface area contributed by atoms with Crippen LogP contribution in [0.15, 0.2) is 12.1 Å². The molecule has 0 amide bonds. The van der Waals surface area contributed by atoms with E-state index in [1.54, 1.807) is 0 Å². The van der Waals surface area contributed by atoms with Crippen molar-refractivity contribution in [3.8, 4) is 0 Å². The standard InChI is InChI=1S/C12H14/c1-9-7-11-5-3-4-6-12(11)8-10(9)2/h5-8H,3-4H2,1-2H3. The van der Waals surface area contributed by atoms with E-state index in [1.807, 2.05) is 0 Å². The zero-order chi connectivity index (χ0) is 8.55. The Kier molecular flexibility index (Phi) is 1.76. The fourth-order valence-electron chi connectivity index (χ4n) is 1.69. The van der Waals surface area contributed by atoms with Crippen LogP contribution in [0, 0.1) is 13.8 Å². The fraction of sp³-hybridized carbons (Fsp3) is 0.333. The SMILES string of the molecule is Cc1cc2c(cc1C)=CCCC=2. The highest BCUT2D eigenvalue weighted by Gasteiger charge is 1.96. The molecule has 1 aromatic rings. The zero-order valence-electron chi connectivity index (χ0n) is 7.72. The molecule has 0 fully saturated rings. The molecule has 0 heterocycles. The highest BCUT2D eigenvalue weighted by atomic mass is 14.0. The summed E-state index contributed by atoms with van der Waals surface area (Å²) in [6, 6.07) is 4.58. The highest BCUT2D eigenvalue weighted by molar-refractivity contribution is 5.41. The van der Waals surface area contributed by atoms with Crippen LogP contribution < -0.4 is 10.4 Å². The normalized spacial score (nSPS) is 14.5. The first kappa shape index (κ1) is 7.60. The van der Waals surface area contributed by atoms with E-state index in [9.17, 15) is 0 Å². The van der Waals surface area contributed by atoms with Crippen molar-refractivity contribution in [1.82, 2.24) is 0 Å². The Morgan fingerprint density at radius 3 is 1.67 bits per heavy atom. The van der Waals surface area contributed by atoms with E-state index in [2.05, 4.69) is 38.1 Å². The molecule has 1 aliphatic rings. The second-order valence-corrected chi connectivity index (χ2v) is 3.55. The lowest BCUT2D eigenvalue weighted by Gasteiger charge is -2.03. The van der Waals surface area contributed by atoms with E-state index in [1.165, 1.54) is 34.4 Å². The van der Waals surface area contributed by atoms with Crippen molar-refractivity contribution < 1.29 is 0 Å². The quantitative estimate of drug-likeness (QED) is 0.538. The highest BCUT2D eigenvalue weighted by Crippen LogP contribution is 2.01. The van der Waals surface area contributed by atoms with Gasteiger partial charge in [-0.05, 0) is 48.3 Å². The third-order valence-electron chi connectivity index (χ3n) is 2.59. The Hall–Kier alpha value is -1.04. The number of rotatable bonds is 0. The monoisotopic (exact) mass is 158 g/mol. The van der Waals surface area contributed by atoms with Gasteiger partial charge in [-0.15, -0.1) is 0 Å². The summed E-state index contributed by atoms with van der Waals surface area (Å²) in [5.74, 6) is 0. The lowest BCUT2D eigenvalue weighted by Crippen LogP contribution is -2.27. The minimum absolute atomic E-state index is 1.20. The van der Waals surface area contributed by atoms with Gasteiger partial charge < -0.3 is 0 Å². The van der Waals surface area contributed by atoms with E-state index in [-0.39, 0.29) is 0 Å². The number of aryl methyl sites for hydroxylation is 2. The second-order valence-electron chi connectivity index (χ2n) is 3.55. The van der Waals surface area contributed by atoms with Gasteiger partial charge in [-0.1, -0.05) is 24.3 Å². The summed E-state index contributed by atoms with van der Waals surface area (Å²) < 4.78 is 0. The van der Waals surface area contributed by atoms with Crippen LogP contribution >= 0.6 is 0 Å². The van der Waals surface area contributed by atoms with Gasteiger partial charge in [-0.3, -0.25) is 0 Å². The largest absolute Gasteiger partial charge is 0.0764 e. The Morgan fingerprint density at radius 2 is 1.25 bits per heavy atom. The minimum Gasteiger partial charge on any atom is -0.0764 e. The average molecular weight is 158 g/mol. The van der Waals surface area contributed by atoms with Crippen molar-refractivity contribution in [2.75, 3.05) is 0 Å². The summed E-state index contributed by atoms with van der Waals surface area (Å²) in [7, 11) is 0. The molecule has 0 spiro atoms. The molecule has 0 bridgehead atoms. The molecule has 0 radical (unpaired) electrons. The lowest BCUT2D eigenvalue weighted by molar-refractivity contribution is 1.11. The summed E-state index contributed by atoms with van der Waals surface area (Å²) >= 11 is 0. The first-order valence-corrected chi connectivity index (χ1v) is 4.55. The van der Waals surface area contributed by atoms with Gasteiger partial charge >= 0.3 is 0 Å². The van der Waals surface area contributed by atoms with Crippen LogP contribution in [0.2, 0.25) is 0 Å². The molecule has 0 saturated carbocycles. The first-order chi connectivity index (χ1) is 5.77. The van der Waals surface area contributed by atoms with Crippen molar-refractivity contribution in [1.29, 1.82) is 0 Å². The maximum Gasteiger partial charge on any atom is -0.0224 e. The van der Waals surface area contributed by atoms with Gasteiger partial charge in [-0.25, -0.2) is 0 Å². The van der Waals surface area contributed by atoms with Gasteiger partial charge in [0.25, 0.3) is 0 Å². The molecule has 0 atom stereocenters. The summed E-state index contributed by atoms with van der Waals surface area (Å²) in [6.07, 6.45) is 7.08. The molecule has 0 aliphatic heterocycles. The van der Waals surface area contributed by atoms with E-state index in [4.69, 9.17) is 0 Å². The Balaban J connectivity index is 2.82. The van der Waals surface area contributed by atoms with E-state index in [0.717, 1.165) is 0 Å². The fourth-order valence-corrected chi connectivity index (χ4v) is 1.69. The van der Waals surface area contributed by atoms with Gasteiger partial charge in [0.2, 0.25) is 0 Å². The predicted octanol–water partition coefficient (Wildman–Crippen LogP) is 1.66. The third kappa shape index (κ3) is 1.18. The van der Waals surface area contributed by atoms with E-state index >= 15 is 0 Å². The first-order valence-electron chi connectivity index (χ1n) is 4.55. The van der Waals surface area contributed by atoms with Gasteiger partial charge in [-0.2, -0.15) is 0 Å². The van der Waals surface area contributed by atoms with Crippen LogP contribution in [0.1, 0.15) is 24.0 Å². The van der Waals surface area contributed by atoms with Crippen LogP contribution in [0.25, 0.3) is 12.2 Å². The lowest BCUT2D eigenvalue weighted by atomic mass is 10.0. The number of fused-ring (bicyclic) bond motifs is 1. The number of hydrogen-bond acceptors (Lipinski definition) is 0. The Bertz CT molecular complexity index is 369. The maximum atomic E-state index is 2.34. The van der Waals surface area contributed by atoms with Crippen LogP contribution in [-0.2, 0) is 0 Å². The molecule has 2 rings (SSSR count). The second kappa shape index (κ2) is 2.78. The molecule has 62 valence electrons. The predicted molar refractivity (Wildman–Crippen MR) is 53.3 cm³/mol. The summed E-state index contributed by atoms with van der Waals surface area (Å²) in [5, 5.41) is 2.84. The zero-order valence-corrected chi connectivity index (χ0v) is 7.72. The molecule has 0 unspecified atom stereocenters. The van der Waals surface area contributed by atoms with Crippen LogP contribution in [0.3, 0.4) is 0 Å². The Morgan fingerprint density at radius 1 is 0.833 bits per heavy atom. The molecule has 0 nitrogen and oxygen atoms in total. The molecule has 0 N–H and O–H groups in total. The van der Waals surface area contributed by atoms with Crippen molar-refractivity contribution in [2.45, 2.75) is 26.7 Å². The number of benzene rings is 1. The Labute approximate surface area is 73.2 Å². The molecule has 0 aromatic heterocycles. The van der Waals surface area contributed by atoms with Gasteiger partial charge in [0.05, 0.1) is 0 Å².